The standard InChI is InChI=1S/C27H43N2O5PSi/c1-18-25(20-14-10-9-11-15-20)33-35(31,29(18)6)32-22-17-13-12-16-21(22)24-23(26(30)28-24)19(2)34-36(7,8)27(3,4)5/h9-11,14-15,17-19,21,23-25H,12-13,16H2,1-8H3,(H,28,30)/t18-,19-,21+,23-,24-,25-,35+/m0/s1. The monoisotopic (exact) mass is 534 g/mol. The van der Waals surface area contributed by atoms with Gasteiger partial charge >= 0.3 is 7.75 Å². The van der Waals surface area contributed by atoms with E-state index in [1.54, 1.807) is 11.7 Å². The lowest BCUT2D eigenvalue weighted by Crippen LogP contribution is -2.66. The van der Waals surface area contributed by atoms with Crippen molar-refractivity contribution >= 4 is 22.0 Å². The van der Waals surface area contributed by atoms with Gasteiger partial charge < -0.3 is 14.3 Å². The highest BCUT2D eigenvalue weighted by Crippen LogP contribution is 2.64. The van der Waals surface area contributed by atoms with Gasteiger partial charge in [-0.3, -0.25) is 9.32 Å². The van der Waals surface area contributed by atoms with E-state index in [9.17, 15) is 9.36 Å². The quantitative estimate of drug-likeness (QED) is 0.247. The molecular formula is C27H43N2O5PSi. The number of allylic oxidation sites excluding steroid dienone is 1. The number of nitrogens with zero attached hydrogens (tertiary/aromatic N) is 1. The molecule has 2 heterocycles. The molecule has 0 radical (unpaired) electrons. The summed E-state index contributed by atoms with van der Waals surface area (Å²) in [5.41, 5.74) is 0.982. The maximum absolute atomic E-state index is 14.0. The average molecular weight is 535 g/mol. The average Bonchev–Trinajstić information content (AvgIpc) is 3.01. The molecule has 7 nitrogen and oxygen atoms in total. The molecular weight excluding hydrogens is 491 g/mol. The number of amides is 1. The zero-order valence-corrected chi connectivity index (χ0v) is 24.9. The Bertz CT molecular complexity index is 1040. The normalized spacial score (nSPS) is 34.5. The summed E-state index contributed by atoms with van der Waals surface area (Å²) in [7, 11) is -3.79. The molecule has 1 aromatic rings. The lowest BCUT2D eigenvalue weighted by molar-refractivity contribution is -0.142. The van der Waals surface area contributed by atoms with Gasteiger partial charge in [0.25, 0.3) is 0 Å². The van der Waals surface area contributed by atoms with Crippen molar-refractivity contribution in [1.82, 2.24) is 9.99 Å². The Hall–Kier alpha value is -1.44. The summed E-state index contributed by atoms with van der Waals surface area (Å²) >= 11 is 0. The van der Waals surface area contributed by atoms with Crippen LogP contribution in [0.3, 0.4) is 0 Å². The minimum atomic E-state index is -3.56. The number of hydrogen-bond donors (Lipinski definition) is 1. The molecule has 2 fully saturated rings. The van der Waals surface area contributed by atoms with Gasteiger partial charge in [-0.1, -0.05) is 51.1 Å². The van der Waals surface area contributed by atoms with Gasteiger partial charge in [0.15, 0.2) is 8.32 Å². The molecule has 1 N–H and O–H groups in total. The lowest BCUT2D eigenvalue weighted by Gasteiger charge is -2.48. The summed E-state index contributed by atoms with van der Waals surface area (Å²) < 4.78 is 34.8. The molecule has 9 heteroatoms. The van der Waals surface area contributed by atoms with Gasteiger partial charge in [-0.15, -0.1) is 0 Å². The molecule has 0 saturated carbocycles. The molecule has 0 spiro atoms. The van der Waals surface area contributed by atoms with E-state index in [0.717, 1.165) is 24.8 Å². The Labute approximate surface area is 217 Å². The van der Waals surface area contributed by atoms with Crippen LogP contribution in [0.5, 0.6) is 0 Å². The Balaban J connectivity index is 1.51. The number of benzene rings is 1. The van der Waals surface area contributed by atoms with Crippen molar-refractivity contribution in [3.63, 3.8) is 0 Å². The van der Waals surface area contributed by atoms with E-state index >= 15 is 0 Å². The van der Waals surface area contributed by atoms with Crippen LogP contribution in [0.2, 0.25) is 18.1 Å². The molecule has 1 aromatic carbocycles. The van der Waals surface area contributed by atoms with Crippen LogP contribution in [-0.2, 0) is 22.8 Å². The molecule has 0 unspecified atom stereocenters. The second kappa shape index (κ2) is 10.0. The van der Waals surface area contributed by atoms with Crippen LogP contribution in [0.15, 0.2) is 42.2 Å². The molecule has 0 aromatic heterocycles. The molecule has 3 aliphatic rings. The largest absolute Gasteiger partial charge is 0.461 e. The molecule has 2 saturated heterocycles. The Morgan fingerprint density at radius 3 is 2.50 bits per heavy atom. The van der Waals surface area contributed by atoms with Crippen molar-refractivity contribution in [2.75, 3.05) is 7.05 Å². The maximum atomic E-state index is 14.0. The number of hydrogen-bond acceptors (Lipinski definition) is 5. The predicted octanol–water partition coefficient (Wildman–Crippen LogP) is 6.41. The smallest absolute Gasteiger partial charge is 0.418 e. The minimum Gasteiger partial charge on any atom is -0.418 e. The van der Waals surface area contributed by atoms with E-state index in [-0.39, 0.29) is 47.1 Å². The number of carbonyl (C=O) groups is 1. The van der Waals surface area contributed by atoms with Crippen LogP contribution < -0.4 is 5.32 Å². The van der Waals surface area contributed by atoms with Crippen molar-refractivity contribution in [1.29, 1.82) is 0 Å². The molecule has 1 amide bonds. The lowest BCUT2D eigenvalue weighted by atomic mass is 9.74. The fourth-order valence-corrected chi connectivity index (χ4v) is 8.63. The van der Waals surface area contributed by atoms with Gasteiger partial charge in [0.05, 0.1) is 18.1 Å². The van der Waals surface area contributed by atoms with Crippen molar-refractivity contribution < 1.29 is 22.8 Å². The number of likely N-dealkylation sites (N-methyl/N-ethyl adjacent to an activating group) is 1. The van der Waals surface area contributed by atoms with E-state index in [1.165, 1.54) is 0 Å². The number of nitrogens with one attached hydrogen (secondary N) is 1. The second-order valence-corrected chi connectivity index (χ2v) is 18.8. The van der Waals surface area contributed by atoms with E-state index in [0.29, 0.717) is 5.76 Å². The summed E-state index contributed by atoms with van der Waals surface area (Å²) in [5.74, 6) is 0.385. The van der Waals surface area contributed by atoms with Gasteiger partial charge in [0, 0.05) is 12.0 Å². The second-order valence-electron chi connectivity index (χ2n) is 12.1. The zero-order valence-electron chi connectivity index (χ0n) is 23.0. The van der Waals surface area contributed by atoms with Crippen LogP contribution in [0.1, 0.15) is 65.5 Å². The first-order valence-electron chi connectivity index (χ1n) is 13.2. The molecule has 36 heavy (non-hydrogen) atoms. The van der Waals surface area contributed by atoms with Crippen LogP contribution in [0, 0.1) is 11.8 Å². The molecule has 7 atom stereocenters. The van der Waals surface area contributed by atoms with E-state index in [1.807, 2.05) is 50.3 Å². The highest BCUT2D eigenvalue weighted by Gasteiger charge is 2.54. The molecule has 2 aliphatic heterocycles. The highest BCUT2D eigenvalue weighted by atomic mass is 31.2. The molecule has 0 bridgehead atoms. The van der Waals surface area contributed by atoms with Gasteiger partial charge in [-0.25, -0.2) is 4.57 Å². The summed E-state index contributed by atoms with van der Waals surface area (Å²) in [4.78, 5) is 12.7. The molecule has 200 valence electrons. The van der Waals surface area contributed by atoms with Gasteiger partial charge in [-0.05, 0) is 69.9 Å². The van der Waals surface area contributed by atoms with Gasteiger partial charge in [0.2, 0.25) is 5.91 Å². The Morgan fingerprint density at radius 1 is 1.22 bits per heavy atom. The van der Waals surface area contributed by atoms with Crippen molar-refractivity contribution in [3.8, 4) is 0 Å². The molecule has 1 aliphatic carbocycles. The predicted molar refractivity (Wildman–Crippen MR) is 145 cm³/mol. The number of β-lactam (4-membered cyclic amide) rings is 1. The third-order valence-corrected chi connectivity index (χ3v) is 15.3. The van der Waals surface area contributed by atoms with Crippen molar-refractivity contribution in [2.24, 2.45) is 11.8 Å². The fourth-order valence-electron chi connectivity index (χ4n) is 5.25. The first kappa shape index (κ1) is 27.6. The van der Waals surface area contributed by atoms with E-state index < -0.39 is 16.1 Å². The zero-order chi connectivity index (χ0) is 26.5. The van der Waals surface area contributed by atoms with E-state index in [2.05, 4.69) is 39.2 Å². The van der Waals surface area contributed by atoms with Crippen LogP contribution in [-0.4, -0.2) is 44.1 Å². The van der Waals surface area contributed by atoms with Crippen LogP contribution in [0.4, 0.5) is 0 Å². The first-order chi connectivity index (χ1) is 16.7. The number of carbonyl (C=O) groups excluding carboxylic acids is 1. The summed E-state index contributed by atoms with van der Waals surface area (Å²) in [5, 5.41) is 3.18. The van der Waals surface area contributed by atoms with Crippen molar-refractivity contribution in [3.05, 3.63) is 47.7 Å². The van der Waals surface area contributed by atoms with Crippen LogP contribution >= 0.6 is 7.75 Å². The minimum absolute atomic E-state index is 0.0229. The summed E-state index contributed by atoms with van der Waals surface area (Å²) in [6.45, 7) is 15.1. The first-order valence-corrected chi connectivity index (χ1v) is 17.6. The van der Waals surface area contributed by atoms with Crippen LogP contribution in [0.25, 0.3) is 0 Å². The van der Waals surface area contributed by atoms with E-state index in [4.69, 9.17) is 13.5 Å². The summed E-state index contributed by atoms with van der Waals surface area (Å²) in [6.07, 6.45) is 4.22. The number of rotatable bonds is 7. The van der Waals surface area contributed by atoms with Gasteiger partial charge in [0.1, 0.15) is 11.9 Å². The SMILES string of the molecule is C[C@H](O[Si](C)(C)C(C)(C)C)[C@@H]1C(=O)N[C@H]1[C@@H]1CCCC=C1O[P@@]1(=O)O[C@H](c2ccccc2)[C@H](C)N1C. The topological polar surface area (TPSA) is 77.1 Å². The highest BCUT2D eigenvalue weighted by molar-refractivity contribution is 7.51. The third-order valence-electron chi connectivity index (χ3n) is 8.66. The third kappa shape index (κ3) is 5.12. The maximum Gasteiger partial charge on any atom is 0.461 e. The Kier molecular flexibility index (Phi) is 7.68. The Morgan fingerprint density at radius 2 is 1.89 bits per heavy atom. The van der Waals surface area contributed by atoms with Gasteiger partial charge in [-0.2, -0.15) is 4.67 Å². The molecule has 4 rings (SSSR count). The van der Waals surface area contributed by atoms with Crippen molar-refractivity contribution in [2.45, 2.75) is 96.3 Å². The fraction of sp³-hybridized carbons (Fsp3) is 0.667. The summed E-state index contributed by atoms with van der Waals surface area (Å²) in [6, 6.07) is 9.65.